The molecule has 0 aromatic rings. The molecule has 0 saturated carbocycles. The summed E-state index contributed by atoms with van der Waals surface area (Å²) >= 11 is 0. The fraction of sp³-hybridized carbons (Fsp3) is 0.333. The third-order valence-electron chi connectivity index (χ3n) is 0.320. The van der Waals surface area contributed by atoms with E-state index < -0.39 is 10.4 Å². The van der Waals surface area contributed by atoms with Crippen LogP contribution in [0.3, 0.4) is 0 Å². The average Bonchev–Trinajstić information content (AvgIpc) is 1.63. The van der Waals surface area contributed by atoms with Crippen molar-refractivity contribution in [3.8, 4) is 0 Å². The smallest absolute Gasteiger partial charge is 1.00 e. The standard InChI is InChI=1S/C3H6O5S.Na.H/c1-2-3-7-8-9(4,5)6;;/h2H,1,3H2,(H,4,5,6);;/q;+1;-1. The molecule has 0 aliphatic carbocycles. The molecule has 0 radical (unpaired) electrons. The number of rotatable bonds is 4. The summed E-state index contributed by atoms with van der Waals surface area (Å²) in [5.41, 5.74) is 0. The molecule has 0 aromatic carbocycles. The largest absolute Gasteiger partial charge is 1.00 e. The Morgan fingerprint density at radius 1 is 1.70 bits per heavy atom. The first-order valence-electron chi connectivity index (χ1n) is 1.95. The van der Waals surface area contributed by atoms with Crippen molar-refractivity contribution < 1.29 is 53.2 Å². The molecule has 7 heteroatoms. The van der Waals surface area contributed by atoms with E-state index >= 15 is 0 Å². The SMILES string of the molecule is C=CCOOS(=O)(=O)O.[H-].[Na+]. The van der Waals surface area contributed by atoms with Crippen LogP contribution in [0.4, 0.5) is 0 Å². The van der Waals surface area contributed by atoms with Crippen LogP contribution in [0.25, 0.3) is 0 Å². The molecule has 0 aliphatic heterocycles. The summed E-state index contributed by atoms with van der Waals surface area (Å²) in [6.07, 6.45) is 1.27. The van der Waals surface area contributed by atoms with E-state index in [0.29, 0.717) is 0 Å². The van der Waals surface area contributed by atoms with Gasteiger partial charge < -0.3 is 1.43 Å². The molecule has 1 N–H and O–H groups in total. The molecule has 0 fully saturated rings. The summed E-state index contributed by atoms with van der Waals surface area (Å²) in [7, 11) is -4.47. The zero-order chi connectivity index (χ0) is 7.33. The molecule has 10 heavy (non-hydrogen) atoms. The maximum atomic E-state index is 9.68. The molecule has 56 valence electrons. The van der Waals surface area contributed by atoms with Crippen molar-refractivity contribution in [3.63, 3.8) is 0 Å². The van der Waals surface area contributed by atoms with E-state index in [1.165, 1.54) is 6.08 Å². The molecule has 5 nitrogen and oxygen atoms in total. The van der Waals surface area contributed by atoms with Crippen LogP contribution in [-0.4, -0.2) is 19.6 Å². The van der Waals surface area contributed by atoms with Gasteiger partial charge in [-0.2, -0.15) is 8.42 Å². The monoisotopic (exact) mass is 178 g/mol. The summed E-state index contributed by atoms with van der Waals surface area (Å²) in [6, 6.07) is 0. The van der Waals surface area contributed by atoms with Crippen molar-refractivity contribution in [1.82, 2.24) is 0 Å². The van der Waals surface area contributed by atoms with Crippen LogP contribution in [0.5, 0.6) is 0 Å². The molecule has 0 unspecified atom stereocenters. The molecule has 0 spiro atoms. The third-order valence-corrected chi connectivity index (χ3v) is 0.588. The zero-order valence-corrected chi connectivity index (χ0v) is 8.30. The van der Waals surface area contributed by atoms with Crippen molar-refractivity contribution in [3.05, 3.63) is 12.7 Å². The molecule has 0 rings (SSSR count). The first kappa shape index (κ1) is 13.2. The van der Waals surface area contributed by atoms with Crippen molar-refractivity contribution in [2.24, 2.45) is 0 Å². The quantitative estimate of drug-likeness (QED) is 0.124. The van der Waals surface area contributed by atoms with Gasteiger partial charge in [0.25, 0.3) is 0 Å². The van der Waals surface area contributed by atoms with Crippen molar-refractivity contribution in [1.29, 1.82) is 0 Å². The maximum Gasteiger partial charge on any atom is 1.00 e. The molecule has 0 aromatic heterocycles. The molecule has 0 bridgehead atoms. The van der Waals surface area contributed by atoms with E-state index in [-0.39, 0.29) is 37.6 Å². The first-order valence-corrected chi connectivity index (χ1v) is 3.32. The predicted molar refractivity (Wildman–Crippen MR) is 29.9 cm³/mol. The molecule has 0 saturated heterocycles. The second-order valence-electron chi connectivity index (χ2n) is 1.07. The molecule has 0 amide bonds. The molecular formula is C3H7NaO5S. The van der Waals surface area contributed by atoms with Crippen molar-refractivity contribution >= 4 is 10.4 Å². The summed E-state index contributed by atoms with van der Waals surface area (Å²) in [6.45, 7) is 3.10. The van der Waals surface area contributed by atoms with Gasteiger partial charge in [-0.05, 0) is 0 Å². The summed E-state index contributed by atoms with van der Waals surface area (Å²) in [5, 5.41) is 0. The summed E-state index contributed by atoms with van der Waals surface area (Å²) < 4.78 is 30.6. The Labute approximate surface area is 82.7 Å². The van der Waals surface area contributed by atoms with Gasteiger partial charge >= 0.3 is 40.0 Å². The van der Waals surface area contributed by atoms with Crippen LogP contribution in [0.2, 0.25) is 0 Å². The van der Waals surface area contributed by atoms with Gasteiger partial charge in [-0.1, -0.05) is 10.4 Å². The zero-order valence-electron chi connectivity index (χ0n) is 6.48. The van der Waals surface area contributed by atoms with E-state index in [4.69, 9.17) is 4.55 Å². The Hall–Kier alpha value is 0.570. The Balaban J connectivity index is -0.000000320. The van der Waals surface area contributed by atoms with Crippen molar-refractivity contribution in [2.75, 3.05) is 6.61 Å². The summed E-state index contributed by atoms with van der Waals surface area (Å²) in [4.78, 5) is 3.89. The van der Waals surface area contributed by atoms with Crippen LogP contribution < -0.4 is 29.6 Å². The molecule has 0 heterocycles. The van der Waals surface area contributed by atoms with E-state index in [0.717, 1.165) is 0 Å². The van der Waals surface area contributed by atoms with Gasteiger partial charge in [0.2, 0.25) is 0 Å². The third kappa shape index (κ3) is 11.4. The normalized spacial score (nSPS) is 10.1. The summed E-state index contributed by atoms with van der Waals surface area (Å²) in [5.74, 6) is 0. The fourth-order valence-electron chi connectivity index (χ4n) is 0.137. The van der Waals surface area contributed by atoms with E-state index in [1.54, 1.807) is 0 Å². The Bertz CT molecular complexity index is 178. The Morgan fingerprint density at radius 3 is 2.50 bits per heavy atom. The fourth-order valence-corrected chi connectivity index (χ4v) is 0.314. The van der Waals surface area contributed by atoms with Crippen LogP contribution in [0, 0.1) is 0 Å². The van der Waals surface area contributed by atoms with Gasteiger partial charge in [0.15, 0.2) is 0 Å². The second-order valence-corrected chi connectivity index (χ2v) is 2.06. The van der Waals surface area contributed by atoms with E-state index in [2.05, 4.69) is 15.8 Å². The van der Waals surface area contributed by atoms with E-state index in [9.17, 15) is 8.42 Å². The maximum absolute atomic E-state index is 9.68. The minimum absolute atomic E-state index is 0. The van der Waals surface area contributed by atoms with Crippen LogP contribution in [-0.2, 0) is 19.6 Å². The van der Waals surface area contributed by atoms with Crippen molar-refractivity contribution in [2.45, 2.75) is 0 Å². The predicted octanol–water partition coefficient (Wildman–Crippen LogP) is -2.96. The van der Waals surface area contributed by atoms with E-state index in [1.807, 2.05) is 0 Å². The van der Waals surface area contributed by atoms with Gasteiger partial charge in [-0.15, -0.1) is 6.58 Å². The Kier molecular flexibility index (Phi) is 8.29. The van der Waals surface area contributed by atoms with Crippen LogP contribution in [0.15, 0.2) is 12.7 Å². The minimum atomic E-state index is -4.47. The molecule has 0 atom stereocenters. The first-order chi connectivity index (χ1) is 4.06. The molecule has 0 aliphatic rings. The minimum Gasteiger partial charge on any atom is -1.00 e. The Morgan fingerprint density at radius 2 is 2.20 bits per heavy atom. The second kappa shape index (κ2) is 6.29. The van der Waals surface area contributed by atoms with Gasteiger partial charge in [0.1, 0.15) is 6.61 Å². The topological polar surface area (TPSA) is 72.8 Å². The van der Waals surface area contributed by atoms with Gasteiger partial charge in [-0.25, -0.2) is 4.89 Å². The number of hydrogen-bond donors (Lipinski definition) is 1. The molecular weight excluding hydrogens is 171 g/mol. The van der Waals surface area contributed by atoms with Gasteiger partial charge in [0.05, 0.1) is 0 Å². The van der Waals surface area contributed by atoms with Gasteiger partial charge in [-0.3, -0.25) is 4.55 Å². The van der Waals surface area contributed by atoms with Crippen LogP contribution >= 0.6 is 0 Å². The average molecular weight is 178 g/mol. The van der Waals surface area contributed by atoms with Gasteiger partial charge in [0, 0.05) is 0 Å². The number of hydrogen-bond acceptors (Lipinski definition) is 4. The van der Waals surface area contributed by atoms with Crippen LogP contribution in [0.1, 0.15) is 1.43 Å².